The van der Waals surface area contributed by atoms with Gasteiger partial charge in [-0.15, -0.1) is 11.3 Å². The van der Waals surface area contributed by atoms with E-state index >= 15 is 0 Å². The van der Waals surface area contributed by atoms with E-state index in [1.54, 1.807) is 44.2 Å². The SMILES string of the molecule is Cc1noc(C)c1C(=O)Nc1cccc(NC(=O)c2cccs2)c1. The lowest BCUT2D eigenvalue weighted by Gasteiger charge is -2.08. The van der Waals surface area contributed by atoms with Crippen LogP contribution in [-0.4, -0.2) is 17.0 Å². The van der Waals surface area contributed by atoms with Gasteiger partial charge in [0.1, 0.15) is 11.3 Å². The summed E-state index contributed by atoms with van der Waals surface area (Å²) in [6.45, 7) is 3.40. The van der Waals surface area contributed by atoms with Gasteiger partial charge in [0, 0.05) is 11.4 Å². The largest absolute Gasteiger partial charge is 0.361 e. The third kappa shape index (κ3) is 3.36. The van der Waals surface area contributed by atoms with Crippen LogP contribution in [-0.2, 0) is 0 Å². The van der Waals surface area contributed by atoms with Crippen LogP contribution in [0.4, 0.5) is 11.4 Å². The number of nitrogens with one attached hydrogen (secondary N) is 2. The predicted molar refractivity (Wildman–Crippen MR) is 92.6 cm³/mol. The summed E-state index contributed by atoms with van der Waals surface area (Å²) in [6.07, 6.45) is 0. The summed E-state index contributed by atoms with van der Waals surface area (Å²) >= 11 is 1.37. The number of amides is 2. The number of nitrogens with zero attached hydrogens (tertiary/aromatic N) is 1. The number of carbonyl (C=O) groups is 2. The van der Waals surface area contributed by atoms with Crippen molar-refractivity contribution >= 4 is 34.5 Å². The average Bonchev–Trinajstić information content (AvgIpc) is 3.18. The zero-order chi connectivity index (χ0) is 17.1. The first kappa shape index (κ1) is 15.9. The zero-order valence-corrected chi connectivity index (χ0v) is 13.9. The molecule has 122 valence electrons. The highest BCUT2D eigenvalue weighted by atomic mass is 32.1. The Morgan fingerprint density at radius 2 is 1.75 bits per heavy atom. The van der Waals surface area contributed by atoms with Gasteiger partial charge < -0.3 is 15.2 Å². The molecule has 3 rings (SSSR count). The maximum Gasteiger partial charge on any atom is 0.265 e. The minimum absolute atomic E-state index is 0.181. The van der Waals surface area contributed by atoms with E-state index in [1.165, 1.54) is 11.3 Å². The van der Waals surface area contributed by atoms with Crippen molar-refractivity contribution in [2.75, 3.05) is 10.6 Å². The monoisotopic (exact) mass is 341 g/mol. The third-order valence-electron chi connectivity index (χ3n) is 3.38. The van der Waals surface area contributed by atoms with Crippen molar-refractivity contribution in [3.63, 3.8) is 0 Å². The van der Waals surface area contributed by atoms with Crippen LogP contribution in [0.5, 0.6) is 0 Å². The zero-order valence-electron chi connectivity index (χ0n) is 13.1. The first-order valence-electron chi connectivity index (χ1n) is 7.24. The Morgan fingerprint density at radius 1 is 1.04 bits per heavy atom. The predicted octanol–water partition coefficient (Wildman–Crippen LogP) is 3.86. The number of hydrogen-bond acceptors (Lipinski definition) is 5. The lowest BCUT2D eigenvalue weighted by Crippen LogP contribution is -2.14. The molecule has 2 heterocycles. The summed E-state index contributed by atoms with van der Waals surface area (Å²) in [7, 11) is 0. The van der Waals surface area contributed by atoms with Crippen LogP contribution in [0.15, 0.2) is 46.3 Å². The summed E-state index contributed by atoms with van der Waals surface area (Å²) in [5.41, 5.74) is 2.13. The van der Waals surface area contributed by atoms with Crippen molar-refractivity contribution in [3.8, 4) is 0 Å². The molecule has 0 radical (unpaired) electrons. The molecule has 0 bridgehead atoms. The third-order valence-corrected chi connectivity index (χ3v) is 4.25. The second kappa shape index (κ2) is 6.67. The van der Waals surface area contributed by atoms with Crippen molar-refractivity contribution in [2.45, 2.75) is 13.8 Å². The number of anilines is 2. The van der Waals surface area contributed by atoms with E-state index < -0.39 is 0 Å². The average molecular weight is 341 g/mol. The fourth-order valence-electron chi connectivity index (χ4n) is 2.28. The number of rotatable bonds is 4. The molecule has 0 aliphatic heterocycles. The molecule has 0 saturated heterocycles. The van der Waals surface area contributed by atoms with E-state index in [0.29, 0.717) is 33.3 Å². The van der Waals surface area contributed by atoms with Gasteiger partial charge in [-0.2, -0.15) is 0 Å². The molecule has 7 heteroatoms. The van der Waals surface area contributed by atoms with Crippen molar-refractivity contribution in [1.82, 2.24) is 5.16 Å². The molecular formula is C17H15N3O3S. The van der Waals surface area contributed by atoms with Gasteiger partial charge in [0.25, 0.3) is 11.8 Å². The van der Waals surface area contributed by atoms with Crippen molar-refractivity contribution in [2.24, 2.45) is 0 Å². The maximum atomic E-state index is 12.3. The van der Waals surface area contributed by atoms with Crippen LogP contribution in [0, 0.1) is 13.8 Å². The normalized spacial score (nSPS) is 10.4. The van der Waals surface area contributed by atoms with Gasteiger partial charge in [-0.05, 0) is 43.5 Å². The maximum absolute atomic E-state index is 12.3. The molecule has 0 unspecified atom stereocenters. The number of hydrogen-bond donors (Lipinski definition) is 2. The van der Waals surface area contributed by atoms with E-state index in [2.05, 4.69) is 15.8 Å². The van der Waals surface area contributed by atoms with Crippen LogP contribution in [0.2, 0.25) is 0 Å². The smallest absolute Gasteiger partial charge is 0.265 e. The molecule has 2 amide bonds. The fourth-order valence-corrected chi connectivity index (χ4v) is 2.89. The minimum Gasteiger partial charge on any atom is -0.361 e. The van der Waals surface area contributed by atoms with Gasteiger partial charge in [-0.25, -0.2) is 0 Å². The minimum atomic E-state index is -0.298. The lowest BCUT2D eigenvalue weighted by molar-refractivity contribution is 0.101. The van der Waals surface area contributed by atoms with E-state index in [1.807, 2.05) is 11.4 Å². The highest BCUT2D eigenvalue weighted by Crippen LogP contribution is 2.20. The summed E-state index contributed by atoms with van der Waals surface area (Å²) in [5.74, 6) is -0.0145. The second-order valence-electron chi connectivity index (χ2n) is 5.17. The summed E-state index contributed by atoms with van der Waals surface area (Å²) < 4.78 is 5.01. The molecular weight excluding hydrogens is 326 g/mol. The number of aryl methyl sites for hydroxylation is 2. The van der Waals surface area contributed by atoms with Crippen molar-refractivity contribution < 1.29 is 14.1 Å². The molecule has 24 heavy (non-hydrogen) atoms. The Hall–Kier alpha value is -2.93. The van der Waals surface area contributed by atoms with Crippen LogP contribution in [0.1, 0.15) is 31.5 Å². The highest BCUT2D eigenvalue weighted by molar-refractivity contribution is 7.12. The van der Waals surface area contributed by atoms with Gasteiger partial charge in [-0.1, -0.05) is 17.3 Å². The molecule has 2 N–H and O–H groups in total. The van der Waals surface area contributed by atoms with E-state index in [0.717, 1.165) is 0 Å². The van der Waals surface area contributed by atoms with Crippen LogP contribution >= 0.6 is 11.3 Å². The first-order valence-corrected chi connectivity index (χ1v) is 8.11. The van der Waals surface area contributed by atoms with Crippen LogP contribution < -0.4 is 10.6 Å². The van der Waals surface area contributed by atoms with Crippen LogP contribution in [0.25, 0.3) is 0 Å². The number of carbonyl (C=O) groups excluding carboxylic acids is 2. The molecule has 1 aromatic carbocycles. The number of benzene rings is 1. The Labute approximate surface area is 142 Å². The van der Waals surface area contributed by atoms with E-state index in [4.69, 9.17) is 4.52 Å². The molecule has 0 aliphatic rings. The summed E-state index contributed by atoms with van der Waals surface area (Å²) in [5, 5.41) is 11.2. The second-order valence-corrected chi connectivity index (χ2v) is 6.11. The quantitative estimate of drug-likeness (QED) is 0.755. The van der Waals surface area contributed by atoms with E-state index in [9.17, 15) is 9.59 Å². The molecule has 3 aromatic rings. The Morgan fingerprint density at radius 3 is 2.33 bits per heavy atom. The highest BCUT2D eigenvalue weighted by Gasteiger charge is 2.17. The Bertz CT molecular complexity index is 865. The van der Waals surface area contributed by atoms with Crippen LogP contribution in [0.3, 0.4) is 0 Å². The lowest BCUT2D eigenvalue weighted by atomic mass is 10.2. The molecule has 2 aromatic heterocycles. The molecule has 0 saturated carbocycles. The molecule has 6 nitrogen and oxygen atoms in total. The van der Waals surface area contributed by atoms with Gasteiger partial charge >= 0.3 is 0 Å². The van der Waals surface area contributed by atoms with Crippen molar-refractivity contribution in [3.05, 3.63) is 63.7 Å². The first-order chi connectivity index (χ1) is 11.5. The summed E-state index contributed by atoms with van der Waals surface area (Å²) in [4.78, 5) is 25.0. The Kier molecular flexibility index (Phi) is 4.43. The Balaban J connectivity index is 1.74. The molecule has 0 aliphatic carbocycles. The van der Waals surface area contributed by atoms with Gasteiger partial charge in [0.15, 0.2) is 0 Å². The van der Waals surface area contributed by atoms with Gasteiger partial charge in [-0.3, -0.25) is 9.59 Å². The number of thiophene rings is 1. The standard InChI is InChI=1S/C17H15N3O3S/c1-10-15(11(2)23-20-10)17(22)19-13-6-3-5-12(9-13)18-16(21)14-7-4-8-24-14/h3-9H,1-2H3,(H,18,21)(H,19,22). The molecule has 0 spiro atoms. The van der Waals surface area contributed by atoms with Crippen molar-refractivity contribution in [1.29, 1.82) is 0 Å². The molecule has 0 atom stereocenters. The topological polar surface area (TPSA) is 84.2 Å². The summed E-state index contributed by atoms with van der Waals surface area (Å²) in [6, 6.07) is 10.5. The van der Waals surface area contributed by atoms with Gasteiger partial charge in [0.05, 0.1) is 10.6 Å². The van der Waals surface area contributed by atoms with Gasteiger partial charge in [0.2, 0.25) is 0 Å². The van der Waals surface area contributed by atoms with E-state index in [-0.39, 0.29) is 11.8 Å². The molecule has 0 fully saturated rings. The number of aromatic nitrogens is 1. The fraction of sp³-hybridized carbons (Fsp3) is 0.118.